The van der Waals surface area contributed by atoms with Gasteiger partial charge in [0, 0.05) is 17.1 Å². The molecule has 11 heteroatoms. The van der Waals surface area contributed by atoms with Crippen molar-refractivity contribution in [2.75, 3.05) is 12.8 Å². The van der Waals surface area contributed by atoms with Gasteiger partial charge in [0.2, 0.25) is 0 Å². The average molecular weight is 411 g/mol. The maximum atomic E-state index is 13.1. The molecule has 0 aliphatic heterocycles. The molecule has 2 heterocycles. The molecule has 0 saturated heterocycles. The van der Waals surface area contributed by atoms with Gasteiger partial charge in [-0.2, -0.15) is 15.3 Å². The van der Waals surface area contributed by atoms with Crippen molar-refractivity contribution in [3.63, 3.8) is 0 Å². The fourth-order valence-electron chi connectivity index (χ4n) is 3.21. The lowest BCUT2D eigenvalue weighted by Crippen LogP contribution is -2.30. The summed E-state index contributed by atoms with van der Waals surface area (Å²) in [5.74, 6) is 0.221. The Morgan fingerprint density at radius 3 is 2.63 bits per heavy atom. The molecule has 4 aromatic rings. The minimum Gasteiger partial charge on any atom is -0.494 e. The van der Waals surface area contributed by atoms with Crippen LogP contribution in [0.1, 0.15) is 12.0 Å². The van der Waals surface area contributed by atoms with Crippen molar-refractivity contribution in [1.29, 1.82) is 0 Å². The van der Waals surface area contributed by atoms with Crippen LogP contribution >= 0.6 is 0 Å². The highest BCUT2D eigenvalue weighted by Crippen LogP contribution is 2.35. The van der Waals surface area contributed by atoms with Crippen LogP contribution < -0.4 is 15.9 Å². The Morgan fingerprint density at radius 1 is 1.17 bits per heavy atom. The number of anilines is 1. The highest BCUT2D eigenvalue weighted by Gasteiger charge is 2.22. The normalized spacial score (nSPS) is 11.3. The van der Waals surface area contributed by atoms with Crippen molar-refractivity contribution in [2.45, 2.75) is 6.43 Å². The largest absolute Gasteiger partial charge is 0.494 e. The number of rotatable bonds is 5. The number of benzene rings is 2. The molecule has 0 spiro atoms. The molecule has 8 nitrogen and oxygen atoms in total. The number of nitrogens with two attached hydrogens (primary N) is 1. The predicted molar refractivity (Wildman–Crippen MR) is 108 cm³/mol. The van der Waals surface area contributed by atoms with Crippen molar-refractivity contribution in [1.82, 2.24) is 20.0 Å². The summed E-state index contributed by atoms with van der Waals surface area (Å²) in [6, 6.07) is 8.14. The molecular formula is C19H16BF2N5O3. The summed E-state index contributed by atoms with van der Waals surface area (Å²) in [7, 11) is -0.378. The first-order chi connectivity index (χ1) is 14.4. The number of nitrogens with zero attached hydrogens (tertiary/aromatic N) is 4. The molecule has 0 aliphatic rings. The van der Waals surface area contributed by atoms with E-state index in [1.54, 1.807) is 18.2 Å². The number of ether oxygens (including phenoxy) is 1. The molecule has 0 aliphatic carbocycles. The number of alkyl halides is 2. The van der Waals surface area contributed by atoms with E-state index in [0.29, 0.717) is 33.4 Å². The number of fused-ring (bicyclic) bond motifs is 1. The Kier molecular flexibility index (Phi) is 5.06. The Morgan fingerprint density at radius 2 is 1.97 bits per heavy atom. The van der Waals surface area contributed by atoms with Gasteiger partial charge in [-0.1, -0.05) is 12.1 Å². The zero-order valence-electron chi connectivity index (χ0n) is 15.7. The van der Waals surface area contributed by atoms with Crippen molar-refractivity contribution in [3.05, 3.63) is 54.5 Å². The second-order valence-electron chi connectivity index (χ2n) is 6.54. The van der Waals surface area contributed by atoms with Gasteiger partial charge >= 0.3 is 7.12 Å². The molecule has 0 fully saturated rings. The predicted octanol–water partition coefficient (Wildman–Crippen LogP) is 1.69. The third-order valence-corrected chi connectivity index (χ3v) is 4.68. The molecule has 0 amide bonds. The number of hydrogen-bond donors (Lipinski definition) is 3. The Balaban J connectivity index is 2.00. The van der Waals surface area contributed by atoms with Crippen LogP contribution in [-0.2, 0) is 0 Å². The average Bonchev–Trinajstić information content (AvgIpc) is 3.23. The van der Waals surface area contributed by atoms with E-state index in [4.69, 9.17) is 10.5 Å². The van der Waals surface area contributed by atoms with E-state index in [9.17, 15) is 18.8 Å². The van der Waals surface area contributed by atoms with E-state index in [-0.39, 0.29) is 16.8 Å². The van der Waals surface area contributed by atoms with Crippen LogP contribution in [-0.4, -0.2) is 44.3 Å². The summed E-state index contributed by atoms with van der Waals surface area (Å²) in [5, 5.41) is 32.1. The molecule has 4 rings (SSSR count). The van der Waals surface area contributed by atoms with Gasteiger partial charge in [-0.25, -0.2) is 13.5 Å². The minimum absolute atomic E-state index is 0.158. The van der Waals surface area contributed by atoms with Gasteiger partial charge in [-0.15, -0.1) is 0 Å². The van der Waals surface area contributed by atoms with Gasteiger partial charge < -0.3 is 20.5 Å². The van der Waals surface area contributed by atoms with Crippen molar-refractivity contribution in [3.8, 4) is 22.6 Å². The third-order valence-electron chi connectivity index (χ3n) is 4.68. The Hall–Kier alpha value is -3.57. The standard InChI is InChI=1S/C19H16BF2N5O3/c1-30-17-6-12(20(28)29)5-14(18(17)27-9-11(7-25-27)19(21)22)10-2-3-13-15(23)8-24-26-16(13)4-10/h2-9,19,28-29H,1H3,(H2,23,26). The van der Waals surface area contributed by atoms with Crippen molar-refractivity contribution < 1.29 is 23.6 Å². The first kappa shape index (κ1) is 19.7. The lowest BCUT2D eigenvalue weighted by Gasteiger charge is -2.17. The van der Waals surface area contributed by atoms with Gasteiger partial charge in [-0.05, 0) is 29.2 Å². The van der Waals surface area contributed by atoms with E-state index >= 15 is 0 Å². The van der Waals surface area contributed by atoms with Crippen molar-refractivity contribution in [2.24, 2.45) is 0 Å². The van der Waals surface area contributed by atoms with Crippen LogP contribution in [0.5, 0.6) is 5.75 Å². The van der Waals surface area contributed by atoms with Crippen LogP contribution in [0.2, 0.25) is 0 Å². The molecule has 0 atom stereocenters. The number of nitrogen functional groups attached to an aromatic ring is 1. The van der Waals surface area contributed by atoms with E-state index < -0.39 is 13.5 Å². The molecule has 2 aromatic heterocycles. The first-order valence-corrected chi connectivity index (χ1v) is 8.81. The number of methoxy groups -OCH3 is 1. The van der Waals surface area contributed by atoms with Gasteiger partial charge in [0.15, 0.2) is 0 Å². The summed E-state index contributed by atoms with van der Waals surface area (Å²) in [6.07, 6.45) is 1.01. The van der Waals surface area contributed by atoms with Gasteiger partial charge in [0.25, 0.3) is 6.43 Å². The number of hydrogen-bond acceptors (Lipinski definition) is 7. The monoisotopic (exact) mass is 411 g/mol. The molecule has 4 N–H and O–H groups in total. The van der Waals surface area contributed by atoms with Crippen LogP contribution in [0, 0.1) is 0 Å². The van der Waals surface area contributed by atoms with Gasteiger partial charge in [0.05, 0.1) is 36.3 Å². The molecule has 152 valence electrons. The second-order valence-corrected chi connectivity index (χ2v) is 6.54. The molecule has 0 bridgehead atoms. The Bertz CT molecular complexity index is 1230. The second kappa shape index (κ2) is 7.69. The summed E-state index contributed by atoms with van der Waals surface area (Å²) in [4.78, 5) is 0. The first-order valence-electron chi connectivity index (χ1n) is 8.81. The summed E-state index contributed by atoms with van der Waals surface area (Å²) < 4.78 is 32.9. The van der Waals surface area contributed by atoms with E-state index in [0.717, 1.165) is 6.20 Å². The molecule has 0 saturated carbocycles. The SMILES string of the molecule is COc1cc(B(O)O)cc(-c2ccc3c(N)cnnc3c2)c1-n1cc(C(F)F)cn1. The summed E-state index contributed by atoms with van der Waals surface area (Å²) in [6.45, 7) is 0. The fourth-order valence-corrected chi connectivity index (χ4v) is 3.21. The number of aromatic nitrogens is 4. The van der Waals surface area contributed by atoms with Crippen LogP contribution in [0.25, 0.3) is 27.7 Å². The molecular weight excluding hydrogens is 395 g/mol. The maximum Gasteiger partial charge on any atom is 0.488 e. The maximum absolute atomic E-state index is 13.1. The number of halogens is 2. The molecule has 30 heavy (non-hydrogen) atoms. The zero-order chi connectivity index (χ0) is 21.4. The summed E-state index contributed by atoms with van der Waals surface area (Å²) >= 11 is 0. The zero-order valence-corrected chi connectivity index (χ0v) is 15.7. The van der Waals surface area contributed by atoms with Gasteiger partial charge in [0.1, 0.15) is 11.4 Å². The lowest BCUT2D eigenvalue weighted by atomic mass is 9.78. The van der Waals surface area contributed by atoms with Gasteiger partial charge in [-0.3, -0.25) is 0 Å². The van der Waals surface area contributed by atoms with Crippen LogP contribution in [0.4, 0.5) is 14.5 Å². The van der Waals surface area contributed by atoms with Crippen molar-refractivity contribution >= 4 is 29.2 Å². The highest BCUT2D eigenvalue weighted by atomic mass is 19.3. The van der Waals surface area contributed by atoms with E-state index in [2.05, 4.69) is 15.3 Å². The quantitative estimate of drug-likeness (QED) is 0.428. The van der Waals surface area contributed by atoms with Crippen LogP contribution in [0.3, 0.4) is 0 Å². The molecule has 0 radical (unpaired) electrons. The molecule has 0 unspecified atom stereocenters. The third kappa shape index (κ3) is 3.44. The fraction of sp³-hybridized carbons (Fsp3) is 0.105. The topological polar surface area (TPSA) is 119 Å². The smallest absolute Gasteiger partial charge is 0.488 e. The van der Waals surface area contributed by atoms with E-state index in [1.807, 2.05) is 0 Å². The van der Waals surface area contributed by atoms with Crippen LogP contribution in [0.15, 0.2) is 48.9 Å². The highest BCUT2D eigenvalue weighted by molar-refractivity contribution is 6.58. The Labute approximate surface area is 169 Å². The lowest BCUT2D eigenvalue weighted by molar-refractivity contribution is 0.151. The summed E-state index contributed by atoms with van der Waals surface area (Å²) in [5.41, 5.74) is 8.22. The minimum atomic E-state index is -2.69. The molecule has 2 aromatic carbocycles. The van der Waals surface area contributed by atoms with E-state index in [1.165, 1.54) is 36.3 Å².